The average Bonchev–Trinajstić information content (AvgIpc) is 3.29. The molecule has 0 amide bonds. The highest BCUT2D eigenvalue weighted by atomic mass is 32.1. The summed E-state index contributed by atoms with van der Waals surface area (Å²) in [7, 11) is 3.03. The van der Waals surface area contributed by atoms with E-state index in [9.17, 15) is 14.4 Å². The van der Waals surface area contributed by atoms with Crippen LogP contribution in [-0.2, 0) is 14.3 Å². The maximum atomic E-state index is 14.1. The number of methoxy groups -OCH3 is 2. The Kier molecular flexibility index (Phi) is 10.9. The Morgan fingerprint density at radius 1 is 0.978 bits per heavy atom. The molecule has 4 rings (SSSR count). The van der Waals surface area contributed by atoms with E-state index in [1.165, 1.54) is 29.9 Å². The van der Waals surface area contributed by atoms with Crippen molar-refractivity contribution in [1.82, 2.24) is 4.57 Å². The van der Waals surface area contributed by atoms with Crippen molar-refractivity contribution in [3.8, 4) is 23.0 Å². The molecule has 1 unspecified atom stereocenters. The van der Waals surface area contributed by atoms with Crippen LogP contribution < -0.4 is 33.8 Å². The van der Waals surface area contributed by atoms with Gasteiger partial charge in [-0.25, -0.2) is 9.79 Å². The van der Waals surface area contributed by atoms with Crippen LogP contribution in [0.25, 0.3) is 6.08 Å². The first kappa shape index (κ1) is 33.5. The molecule has 1 atom stereocenters. The molecule has 0 aliphatic carbocycles. The summed E-state index contributed by atoms with van der Waals surface area (Å²) in [5.74, 6) is 1.24. The van der Waals surface area contributed by atoms with Crippen molar-refractivity contribution in [3.63, 3.8) is 0 Å². The molecule has 3 aromatic rings. The van der Waals surface area contributed by atoms with E-state index in [4.69, 9.17) is 23.7 Å². The van der Waals surface area contributed by atoms with Gasteiger partial charge in [-0.2, -0.15) is 0 Å². The van der Waals surface area contributed by atoms with E-state index in [-0.39, 0.29) is 35.2 Å². The third-order valence-corrected chi connectivity index (χ3v) is 7.97. The van der Waals surface area contributed by atoms with Gasteiger partial charge in [-0.05, 0) is 66.6 Å². The minimum absolute atomic E-state index is 0.113. The van der Waals surface area contributed by atoms with Crippen LogP contribution in [-0.4, -0.2) is 43.9 Å². The maximum absolute atomic E-state index is 14.1. The number of esters is 2. The molecule has 10 nitrogen and oxygen atoms in total. The standard InChI is InChI=1S/C34H40N2O8S/c1-19(2)13-14-42-25-11-9-23(15-27(25)40-7)16-29-32(38)36-31(24-10-12-26(44-22(6)37)28(17-24)41-8)30(21(5)35-34(36)45-29)33(39)43-18-20(3)4/h9-12,15-17,19-20,31H,13-14,18H2,1-8H3/b29-16+. The second-order valence-electron chi connectivity index (χ2n) is 11.5. The Labute approximate surface area is 266 Å². The fraction of sp³-hybridized carbons (Fsp3) is 0.412. The number of thiazole rings is 1. The zero-order valence-corrected chi connectivity index (χ0v) is 27.8. The van der Waals surface area contributed by atoms with Crippen molar-refractivity contribution in [2.45, 2.75) is 54.0 Å². The molecule has 2 aromatic carbocycles. The molecule has 45 heavy (non-hydrogen) atoms. The van der Waals surface area contributed by atoms with Crippen LogP contribution in [0.15, 0.2) is 57.5 Å². The zero-order chi connectivity index (χ0) is 32.8. The number of nitrogens with zero attached hydrogens (tertiary/aromatic N) is 2. The van der Waals surface area contributed by atoms with Gasteiger partial charge in [0, 0.05) is 6.92 Å². The normalized spacial score (nSPS) is 14.7. The number of hydrogen-bond acceptors (Lipinski definition) is 10. The molecule has 1 aromatic heterocycles. The predicted octanol–water partition coefficient (Wildman–Crippen LogP) is 4.80. The van der Waals surface area contributed by atoms with Crippen molar-refractivity contribution in [1.29, 1.82) is 0 Å². The van der Waals surface area contributed by atoms with E-state index in [1.54, 1.807) is 38.3 Å². The molecule has 0 spiro atoms. The van der Waals surface area contributed by atoms with Crippen molar-refractivity contribution in [2.75, 3.05) is 27.4 Å². The molecule has 0 bridgehead atoms. The monoisotopic (exact) mass is 636 g/mol. The van der Waals surface area contributed by atoms with E-state index in [0.29, 0.717) is 44.6 Å². The van der Waals surface area contributed by atoms with Crippen molar-refractivity contribution >= 4 is 29.4 Å². The summed E-state index contributed by atoms with van der Waals surface area (Å²) in [6.45, 7) is 12.0. The van der Waals surface area contributed by atoms with Crippen LogP contribution in [0.3, 0.4) is 0 Å². The minimum Gasteiger partial charge on any atom is -0.493 e. The molecule has 0 N–H and O–H groups in total. The number of benzene rings is 2. The number of aromatic nitrogens is 1. The van der Waals surface area contributed by atoms with Crippen LogP contribution in [0, 0.1) is 11.8 Å². The van der Waals surface area contributed by atoms with Gasteiger partial charge in [0.25, 0.3) is 5.56 Å². The highest BCUT2D eigenvalue weighted by Crippen LogP contribution is 2.36. The molecule has 0 saturated heterocycles. The first-order valence-corrected chi connectivity index (χ1v) is 15.6. The zero-order valence-electron chi connectivity index (χ0n) is 27.0. The smallest absolute Gasteiger partial charge is 0.338 e. The van der Waals surface area contributed by atoms with Gasteiger partial charge in [0.15, 0.2) is 27.8 Å². The molecule has 0 saturated carbocycles. The number of ether oxygens (including phenoxy) is 5. The number of hydrogen-bond donors (Lipinski definition) is 0. The van der Waals surface area contributed by atoms with Gasteiger partial charge < -0.3 is 23.7 Å². The Bertz CT molecular complexity index is 1780. The van der Waals surface area contributed by atoms with Gasteiger partial charge in [-0.1, -0.05) is 51.2 Å². The fourth-order valence-electron chi connectivity index (χ4n) is 4.76. The summed E-state index contributed by atoms with van der Waals surface area (Å²) in [5, 5.41) is 0. The number of allylic oxidation sites excluding steroid dienone is 1. The first-order chi connectivity index (χ1) is 21.4. The van der Waals surface area contributed by atoms with E-state index in [0.717, 1.165) is 12.0 Å². The lowest BCUT2D eigenvalue weighted by atomic mass is 9.95. The van der Waals surface area contributed by atoms with E-state index >= 15 is 0 Å². The summed E-state index contributed by atoms with van der Waals surface area (Å²) in [6, 6.07) is 9.57. The molecular formula is C34H40N2O8S. The number of carbonyl (C=O) groups is 2. The predicted molar refractivity (Wildman–Crippen MR) is 172 cm³/mol. The van der Waals surface area contributed by atoms with Crippen LogP contribution in [0.1, 0.15) is 65.1 Å². The largest absolute Gasteiger partial charge is 0.493 e. The lowest BCUT2D eigenvalue weighted by Gasteiger charge is -2.25. The van der Waals surface area contributed by atoms with E-state index < -0.39 is 18.0 Å². The number of fused-ring (bicyclic) bond motifs is 1. The Balaban J connectivity index is 1.84. The summed E-state index contributed by atoms with van der Waals surface area (Å²) < 4.78 is 29.8. The number of carbonyl (C=O) groups excluding carboxylic acids is 2. The van der Waals surface area contributed by atoms with Crippen LogP contribution in [0.4, 0.5) is 0 Å². The van der Waals surface area contributed by atoms with Crippen LogP contribution >= 0.6 is 11.3 Å². The van der Waals surface area contributed by atoms with Gasteiger partial charge in [-0.3, -0.25) is 14.2 Å². The molecule has 240 valence electrons. The summed E-state index contributed by atoms with van der Waals surface area (Å²) >= 11 is 1.22. The van der Waals surface area contributed by atoms with Gasteiger partial charge >= 0.3 is 11.9 Å². The summed E-state index contributed by atoms with van der Waals surface area (Å²) in [5.41, 5.74) is 1.65. The van der Waals surface area contributed by atoms with Gasteiger partial charge in [0.2, 0.25) is 0 Å². The third kappa shape index (κ3) is 7.83. The van der Waals surface area contributed by atoms with E-state index in [2.05, 4.69) is 18.8 Å². The molecule has 2 heterocycles. The molecule has 1 aliphatic rings. The van der Waals surface area contributed by atoms with Gasteiger partial charge in [0.1, 0.15) is 0 Å². The first-order valence-electron chi connectivity index (χ1n) is 14.8. The third-order valence-electron chi connectivity index (χ3n) is 6.98. The summed E-state index contributed by atoms with van der Waals surface area (Å²) in [4.78, 5) is 44.3. The molecular weight excluding hydrogens is 596 g/mol. The van der Waals surface area contributed by atoms with Crippen molar-refractivity contribution in [2.24, 2.45) is 16.8 Å². The van der Waals surface area contributed by atoms with Gasteiger partial charge in [0.05, 0.1) is 49.3 Å². The lowest BCUT2D eigenvalue weighted by Crippen LogP contribution is -2.40. The highest BCUT2D eigenvalue weighted by molar-refractivity contribution is 7.07. The minimum atomic E-state index is -0.866. The molecule has 11 heteroatoms. The second kappa shape index (κ2) is 14.6. The average molecular weight is 637 g/mol. The number of rotatable bonds is 12. The van der Waals surface area contributed by atoms with Crippen LogP contribution in [0.2, 0.25) is 0 Å². The van der Waals surface area contributed by atoms with Gasteiger partial charge in [-0.15, -0.1) is 0 Å². The maximum Gasteiger partial charge on any atom is 0.338 e. The van der Waals surface area contributed by atoms with E-state index in [1.807, 2.05) is 32.0 Å². The Morgan fingerprint density at radius 3 is 2.31 bits per heavy atom. The highest BCUT2D eigenvalue weighted by Gasteiger charge is 2.34. The van der Waals surface area contributed by atoms with Crippen molar-refractivity contribution < 1.29 is 33.3 Å². The van der Waals surface area contributed by atoms with Crippen LogP contribution in [0.5, 0.6) is 23.0 Å². The quantitative estimate of drug-likeness (QED) is 0.206. The second-order valence-corrected chi connectivity index (χ2v) is 12.5. The lowest BCUT2D eigenvalue weighted by molar-refractivity contribution is -0.140. The van der Waals surface area contributed by atoms with Crippen molar-refractivity contribution in [3.05, 3.63) is 78.5 Å². The topological polar surface area (TPSA) is 115 Å². The summed E-state index contributed by atoms with van der Waals surface area (Å²) in [6.07, 6.45) is 2.68. The SMILES string of the molecule is COc1cc(/C=c2/sc3n(c2=O)C(c2ccc(OC(C)=O)c(OC)c2)C(C(=O)OCC(C)C)=C(C)N=3)ccc1OCCC(C)C. The Morgan fingerprint density at radius 2 is 1.67 bits per heavy atom. The molecule has 0 fully saturated rings. The molecule has 0 radical (unpaired) electrons. The fourth-order valence-corrected chi connectivity index (χ4v) is 5.81. The molecule has 1 aliphatic heterocycles. The Hall–Kier alpha value is -4.38.